The molecule has 0 aromatic heterocycles. The van der Waals surface area contributed by atoms with Crippen molar-refractivity contribution in [3.05, 3.63) is 0 Å². The van der Waals surface area contributed by atoms with E-state index in [1.165, 1.54) is 13.0 Å². The predicted molar refractivity (Wildman–Crippen MR) is 32.8 cm³/mol. The second kappa shape index (κ2) is 1.25. The zero-order valence-electron chi connectivity index (χ0n) is 5.20. The lowest BCUT2D eigenvalue weighted by atomic mass is 10.0. The third-order valence-corrected chi connectivity index (χ3v) is 2.25. The summed E-state index contributed by atoms with van der Waals surface area (Å²) in [5, 5.41) is 6.90. The van der Waals surface area contributed by atoms with Gasteiger partial charge in [0.2, 0.25) is 0 Å². The van der Waals surface area contributed by atoms with Gasteiger partial charge in [-0.15, -0.1) is 0 Å². The van der Waals surface area contributed by atoms with Crippen molar-refractivity contribution < 1.29 is 0 Å². The fourth-order valence-corrected chi connectivity index (χ4v) is 1.71. The molecule has 2 aliphatic rings. The number of hydrogen-bond donors (Lipinski definition) is 2. The molecule has 2 nitrogen and oxygen atoms in total. The Kier molecular flexibility index (Phi) is 0.746. The molecule has 0 amide bonds. The maximum absolute atomic E-state index is 3.47. The minimum atomic E-state index is 0.449. The van der Waals surface area contributed by atoms with Gasteiger partial charge in [-0.25, -0.2) is 0 Å². The first-order valence-electron chi connectivity index (χ1n) is 3.27. The quantitative estimate of drug-likeness (QED) is 0.450. The molecular weight excluding hydrogens is 100 g/mol. The van der Waals surface area contributed by atoms with Crippen LogP contribution in [0.2, 0.25) is 0 Å². The summed E-state index contributed by atoms with van der Waals surface area (Å²) in [5.74, 6) is 0. The highest BCUT2D eigenvalue weighted by atomic mass is 15.2. The Balaban J connectivity index is 2.19. The number of piperazine rings is 1. The van der Waals surface area contributed by atoms with Crippen molar-refractivity contribution >= 4 is 0 Å². The molecule has 0 spiro atoms. The molecule has 0 radical (unpaired) electrons. The van der Waals surface area contributed by atoms with Crippen molar-refractivity contribution in [2.24, 2.45) is 0 Å². The lowest BCUT2D eigenvalue weighted by Crippen LogP contribution is -2.47. The summed E-state index contributed by atoms with van der Waals surface area (Å²) in [6.07, 6.45) is 1.33. The smallest absolute Gasteiger partial charge is 0.0293 e. The molecule has 8 heavy (non-hydrogen) atoms. The van der Waals surface area contributed by atoms with Crippen LogP contribution in [0.4, 0.5) is 0 Å². The van der Waals surface area contributed by atoms with Crippen LogP contribution in [0.1, 0.15) is 13.3 Å². The second-order valence-electron chi connectivity index (χ2n) is 3.22. The zero-order valence-corrected chi connectivity index (χ0v) is 5.20. The lowest BCUT2D eigenvalue weighted by Gasteiger charge is -2.21. The number of hydrogen-bond acceptors (Lipinski definition) is 2. The summed E-state index contributed by atoms with van der Waals surface area (Å²) in [7, 11) is 0. The van der Waals surface area contributed by atoms with E-state index >= 15 is 0 Å². The first kappa shape index (κ1) is 4.77. The standard InChI is InChI=1S/C6H12N2/c1-6-2-5(3-8-6)7-4-6/h5,7-8H,2-4H2,1H3. The molecule has 2 heterocycles. The Morgan fingerprint density at radius 3 is 2.62 bits per heavy atom. The van der Waals surface area contributed by atoms with Crippen LogP contribution in [-0.4, -0.2) is 24.7 Å². The minimum absolute atomic E-state index is 0.449. The summed E-state index contributed by atoms with van der Waals surface area (Å²) in [6.45, 7) is 4.63. The van der Waals surface area contributed by atoms with E-state index < -0.39 is 0 Å². The van der Waals surface area contributed by atoms with E-state index in [9.17, 15) is 0 Å². The summed E-state index contributed by atoms with van der Waals surface area (Å²) in [4.78, 5) is 0. The highest BCUT2D eigenvalue weighted by Gasteiger charge is 2.40. The highest BCUT2D eigenvalue weighted by molar-refractivity contribution is 5.04. The number of rotatable bonds is 0. The van der Waals surface area contributed by atoms with Gasteiger partial charge in [-0.1, -0.05) is 0 Å². The Labute approximate surface area is 49.7 Å². The third kappa shape index (κ3) is 0.501. The van der Waals surface area contributed by atoms with Crippen LogP contribution in [-0.2, 0) is 0 Å². The molecule has 2 atom stereocenters. The molecule has 2 bridgehead atoms. The molecule has 0 saturated carbocycles. The van der Waals surface area contributed by atoms with Crippen molar-refractivity contribution in [3.8, 4) is 0 Å². The Bertz CT molecular complexity index is 103. The fourth-order valence-electron chi connectivity index (χ4n) is 1.71. The molecular formula is C6H12N2. The fraction of sp³-hybridized carbons (Fsp3) is 1.00. The van der Waals surface area contributed by atoms with E-state index in [1.54, 1.807) is 0 Å². The zero-order chi connectivity index (χ0) is 5.61. The molecule has 0 aromatic rings. The minimum Gasteiger partial charge on any atom is -0.311 e. The molecule has 46 valence electrons. The molecule has 2 saturated heterocycles. The summed E-state index contributed by atoms with van der Waals surface area (Å²) < 4.78 is 0. The van der Waals surface area contributed by atoms with E-state index in [-0.39, 0.29) is 0 Å². The Morgan fingerprint density at radius 2 is 2.50 bits per heavy atom. The van der Waals surface area contributed by atoms with Crippen LogP contribution >= 0.6 is 0 Å². The van der Waals surface area contributed by atoms with E-state index in [0.717, 1.165) is 12.6 Å². The third-order valence-electron chi connectivity index (χ3n) is 2.25. The van der Waals surface area contributed by atoms with E-state index in [4.69, 9.17) is 0 Å². The van der Waals surface area contributed by atoms with Crippen LogP contribution in [0.5, 0.6) is 0 Å². The second-order valence-corrected chi connectivity index (χ2v) is 3.22. The van der Waals surface area contributed by atoms with Gasteiger partial charge in [0.1, 0.15) is 0 Å². The maximum Gasteiger partial charge on any atom is 0.0293 e. The van der Waals surface area contributed by atoms with Crippen LogP contribution in [0.15, 0.2) is 0 Å². The molecule has 0 aliphatic carbocycles. The van der Waals surface area contributed by atoms with Gasteiger partial charge in [0.25, 0.3) is 0 Å². The van der Waals surface area contributed by atoms with Gasteiger partial charge < -0.3 is 10.6 Å². The SMILES string of the molecule is CC12CNC(CN1)C2. The maximum atomic E-state index is 3.47. The lowest BCUT2D eigenvalue weighted by molar-refractivity contribution is 0.413. The van der Waals surface area contributed by atoms with Gasteiger partial charge in [-0.3, -0.25) is 0 Å². The summed E-state index contributed by atoms with van der Waals surface area (Å²) in [5.41, 5.74) is 0.449. The van der Waals surface area contributed by atoms with Crippen molar-refractivity contribution in [3.63, 3.8) is 0 Å². The topological polar surface area (TPSA) is 24.1 Å². The van der Waals surface area contributed by atoms with Crippen LogP contribution < -0.4 is 10.6 Å². The van der Waals surface area contributed by atoms with E-state index in [1.807, 2.05) is 0 Å². The van der Waals surface area contributed by atoms with Crippen molar-refractivity contribution in [1.82, 2.24) is 10.6 Å². The average molecular weight is 112 g/mol. The normalized spacial score (nSPS) is 52.9. The van der Waals surface area contributed by atoms with Crippen molar-refractivity contribution in [2.45, 2.75) is 24.9 Å². The largest absolute Gasteiger partial charge is 0.311 e. The van der Waals surface area contributed by atoms with Gasteiger partial charge in [0, 0.05) is 24.7 Å². The molecule has 2 fully saturated rings. The molecule has 2 rings (SSSR count). The summed E-state index contributed by atoms with van der Waals surface area (Å²) in [6, 6.07) is 0.778. The van der Waals surface area contributed by atoms with Gasteiger partial charge in [-0.05, 0) is 13.3 Å². The van der Waals surface area contributed by atoms with Crippen molar-refractivity contribution in [1.29, 1.82) is 0 Å². The number of fused-ring (bicyclic) bond motifs is 2. The predicted octanol–water partition coefficient (Wildman–Crippen LogP) is -0.290. The Morgan fingerprint density at radius 1 is 1.62 bits per heavy atom. The van der Waals surface area contributed by atoms with Crippen LogP contribution in [0.25, 0.3) is 0 Å². The molecule has 2 unspecified atom stereocenters. The molecule has 0 aromatic carbocycles. The Hall–Kier alpha value is -0.0800. The first-order valence-corrected chi connectivity index (χ1v) is 3.27. The average Bonchev–Trinajstić information content (AvgIpc) is 2.21. The van der Waals surface area contributed by atoms with Gasteiger partial charge in [0.15, 0.2) is 0 Å². The van der Waals surface area contributed by atoms with Crippen LogP contribution in [0.3, 0.4) is 0 Å². The molecule has 2 aliphatic heterocycles. The van der Waals surface area contributed by atoms with E-state index in [0.29, 0.717) is 5.54 Å². The molecule has 2 heteroatoms. The van der Waals surface area contributed by atoms with E-state index in [2.05, 4.69) is 17.6 Å². The van der Waals surface area contributed by atoms with Crippen LogP contribution in [0, 0.1) is 0 Å². The highest BCUT2D eigenvalue weighted by Crippen LogP contribution is 2.23. The number of nitrogens with one attached hydrogen (secondary N) is 2. The monoisotopic (exact) mass is 112 g/mol. The van der Waals surface area contributed by atoms with Gasteiger partial charge >= 0.3 is 0 Å². The van der Waals surface area contributed by atoms with Gasteiger partial charge in [-0.2, -0.15) is 0 Å². The molecule has 2 N–H and O–H groups in total. The summed E-state index contributed by atoms with van der Waals surface area (Å²) >= 11 is 0. The first-order chi connectivity index (χ1) is 3.79. The van der Waals surface area contributed by atoms with Crippen molar-refractivity contribution in [2.75, 3.05) is 13.1 Å². The van der Waals surface area contributed by atoms with Gasteiger partial charge in [0.05, 0.1) is 0 Å².